The number of Topliss-reactive ketones (excluding diaryl/α,β-unsaturated/α-hetero) is 1. The minimum atomic E-state index is -0.123. The summed E-state index contributed by atoms with van der Waals surface area (Å²) in [5, 5.41) is 13.2. The highest BCUT2D eigenvalue weighted by Gasteiger charge is 2.06. The predicted octanol–water partition coefficient (Wildman–Crippen LogP) is 1.41. The number of hydrogen-bond donors (Lipinski definition) is 1. The van der Waals surface area contributed by atoms with Crippen molar-refractivity contribution in [2.24, 2.45) is 0 Å². The van der Waals surface area contributed by atoms with E-state index in [0.717, 1.165) is 5.56 Å². The number of aromatic hydroxyl groups is 1. The number of benzene rings is 1. The van der Waals surface area contributed by atoms with Crippen molar-refractivity contribution >= 4 is 13.6 Å². The van der Waals surface area contributed by atoms with Gasteiger partial charge in [0.05, 0.1) is 26.2 Å². The SMILES string of the molecule is [B]CC(=O)c1cnn(Cc2ccc(O)cc2)c1. The monoisotopic (exact) mass is 226 g/mol. The molecule has 0 aliphatic heterocycles. The van der Waals surface area contributed by atoms with Crippen LogP contribution in [0.2, 0.25) is 6.32 Å². The quantitative estimate of drug-likeness (QED) is 0.633. The van der Waals surface area contributed by atoms with Crippen LogP contribution in [0.3, 0.4) is 0 Å². The molecule has 0 saturated heterocycles. The number of aromatic nitrogens is 2. The molecule has 0 aliphatic rings. The number of carbonyl (C=O) groups excluding carboxylic acids is 1. The van der Waals surface area contributed by atoms with Crippen LogP contribution in [0.4, 0.5) is 0 Å². The van der Waals surface area contributed by atoms with Crippen LogP contribution in [0.5, 0.6) is 5.75 Å². The zero-order chi connectivity index (χ0) is 12.3. The smallest absolute Gasteiger partial charge is 0.157 e. The van der Waals surface area contributed by atoms with Crippen LogP contribution in [0.1, 0.15) is 15.9 Å². The average molecular weight is 226 g/mol. The first-order valence-corrected chi connectivity index (χ1v) is 5.22. The zero-order valence-electron chi connectivity index (χ0n) is 9.21. The van der Waals surface area contributed by atoms with Gasteiger partial charge in [0.25, 0.3) is 0 Å². The molecule has 2 aromatic rings. The Hall–Kier alpha value is -2.04. The molecule has 4 nitrogen and oxygen atoms in total. The fourth-order valence-electron chi connectivity index (χ4n) is 1.50. The molecule has 2 radical (unpaired) electrons. The number of phenols is 1. The molecule has 1 aromatic heterocycles. The molecule has 0 spiro atoms. The molecular formula is C12H11BN2O2. The summed E-state index contributed by atoms with van der Waals surface area (Å²) in [5.74, 6) is 0.107. The lowest BCUT2D eigenvalue weighted by Crippen LogP contribution is -2.00. The summed E-state index contributed by atoms with van der Waals surface area (Å²) in [7, 11) is 5.27. The highest BCUT2D eigenvalue weighted by atomic mass is 16.3. The summed E-state index contributed by atoms with van der Waals surface area (Å²) in [4.78, 5) is 11.3. The first-order valence-electron chi connectivity index (χ1n) is 5.22. The molecular weight excluding hydrogens is 215 g/mol. The number of hydrogen-bond acceptors (Lipinski definition) is 3. The Kier molecular flexibility index (Phi) is 3.28. The van der Waals surface area contributed by atoms with Crippen LogP contribution in [0, 0.1) is 0 Å². The van der Waals surface area contributed by atoms with Crippen LogP contribution >= 0.6 is 0 Å². The topological polar surface area (TPSA) is 55.1 Å². The van der Waals surface area contributed by atoms with Crippen LogP contribution in [0.25, 0.3) is 0 Å². The summed E-state index contributed by atoms with van der Waals surface area (Å²) in [5.41, 5.74) is 1.52. The first kappa shape index (κ1) is 11.5. The van der Waals surface area contributed by atoms with Crippen LogP contribution in [-0.2, 0) is 6.54 Å². The fourth-order valence-corrected chi connectivity index (χ4v) is 1.50. The van der Waals surface area contributed by atoms with E-state index < -0.39 is 0 Å². The maximum Gasteiger partial charge on any atom is 0.157 e. The van der Waals surface area contributed by atoms with E-state index in [4.69, 9.17) is 13.0 Å². The lowest BCUT2D eigenvalue weighted by molar-refractivity contribution is 0.101. The van der Waals surface area contributed by atoms with Gasteiger partial charge in [-0.2, -0.15) is 5.10 Å². The third-order valence-electron chi connectivity index (χ3n) is 2.42. The molecule has 0 unspecified atom stereocenters. The number of carbonyl (C=O) groups is 1. The second kappa shape index (κ2) is 4.87. The molecule has 0 amide bonds. The largest absolute Gasteiger partial charge is 0.508 e. The number of rotatable bonds is 4. The molecule has 1 aromatic carbocycles. The first-order chi connectivity index (χ1) is 8.19. The molecule has 0 aliphatic carbocycles. The highest BCUT2D eigenvalue weighted by molar-refractivity contribution is 6.23. The lowest BCUT2D eigenvalue weighted by Gasteiger charge is -2.01. The summed E-state index contributed by atoms with van der Waals surface area (Å²) < 4.78 is 1.66. The maximum absolute atomic E-state index is 11.3. The Labute approximate surface area is 100 Å². The van der Waals surface area contributed by atoms with E-state index in [1.165, 1.54) is 6.20 Å². The van der Waals surface area contributed by atoms with Gasteiger partial charge in [-0.15, -0.1) is 0 Å². The molecule has 2 rings (SSSR count). The van der Waals surface area contributed by atoms with Crippen molar-refractivity contribution in [3.05, 3.63) is 47.8 Å². The molecule has 0 bridgehead atoms. The molecule has 0 atom stereocenters. The second-order valence-corrected chi connectivity index (χ2v) is 3.72. The van der Waals surface area contributed by atoms with Gasteiger partial charge in [-0.1, -0.05) is 12.1 Å². The average Bonchev–Trinajstić information content (AvgIpc) is 2.80. The van der Waals surface area contributed by atoms with Crippen LogP contribution in [0.15, 0.2) is 36.7 Å². The van der Waals surface area contributed by atoms with E-state index in [-0.39, 0.29) is 17.9 Å². The molecule has 1 heterocycles. The van der Waals surface area contributed by atoms with Gasteiger partial charge < -0.3 is 5.11 Å². The van der Waals surface area contributed by atoms with E-state index in [1.54, 1.807) is 35.1 Å². The molecule has 0 fully saturated rings. The third kappa shape index (κ3) is 2.75. The van der Waals surface area contributed by atoms with Gasteiger partial charge in [0.2, 0.25) is 0 Å². The normalized spacial score (nSPS) is 10.4. The molecule has 0 saturated carbocycles. The van der Waals surface area contributed by atoms with Gasteiger partial charge in [-0.25, -0.2) is 0 Å². The number of phenolic OH excluding ortho intramolecular Hbond substituents is 1. The minimum absolute atomic E-state index is 0.00903. The van der Waals surface area contributed by atoms with Gasteiger partial charge in [-0.05, 0) is 24.0 Å². The van der Waals surface area contributed by atoms with Gasteiger partial charge in [0.15, 0.2) is 5.78 Å². The minimum Gasteiger partial charge on any atom is -0.508 e. The van der Waals surface area contributed by atoms with Crippen molar-refractivity contribution in [2.75, 3.05) is 0 Å². The Balaban J connectivity index is 2.11. The fraction of sp³-hybridized carbons (Fsp3) is 0.167. The highest BCUT2D eigenvalue weighted by Crippen LogP contribution is 2.11. The van der Waals surface area contributed by atoms with Crippen molar-refractivity contribution in [1.82, 2.24) is 9.78 Å². The van der Waals surface area contributed by atoms with E-state index >= 15 is 0 Å². The predicted molar refractivity (Wildman–Crippen MR) is 64.3 cm³/mol. The van der Waals surface area contributed by atoms with E-state index in [0.29, 0.717) is 12.1 Å². The van der Waals surface area contributed by atoms with Crippen molar-refractivity contribution in [3.8, 4) is 5.75 Å². The number of ketones is 1. The van der Waals surface area contributed by atoms with Gasteiger partial charge in [-0.3, -0.25) is 9.48 Å². The van der Waals surface area contributed by atoms with Gasteiger partial charge in [0.1, 0.15) is 5.75 Å². The lowest BCUT2D eigenvalue weighted by atomic mass is 9.98. The second-order valence-electron chi connectivity index (χ2n) is 3.72. The van der Waals surface area contributed by atoms with Crippen LogP contribution in [-0.4, -0.2) is 28.5 Å². The van der Waals surface area contributed by atoms with Crippen molar-refractivity contribution in [1.29, 1.82) is 0 Å². The summed E-state index contributed by atoms with van der Waals surface area (Å²) in [6.45, 7) is 0.554. The summed E-state index contributed by atoms with van der Waals surface area (Å²) in [6.07, 6.45) is 3.17. The molecule has 5 heteroatoms. The summed E-state index contributed by atoms with van der Waals surface area (Å²) >= 11 is 0. The Morgan fingerprint density at radius 3 is 2.71 bits per heavy atom. The Morgan fingerprint density at radius 2 is 2.06 bits per heavy atom. The van der Waals surface area contributed by atoms with Crippen molar-refractivity contribution < 1.29 is 9.90 Å². The molecule has 17 heavy (non-hydrogen) atoms. The van der Waals surface area contributed by atoms with Crippen molar-refractivity contribution in [3.63, 3.8) is 0 Å². The number of nitrogens with zero attached hydrogens (tertiary/aromatic N) is 2. The van der Waals surface area contributed by atoms with Crippen LogP contribution < -0.4 is 0 Å². The van der Waals surface area contributed by atoms with E-state index in [1.807, 2.05) is 0 Å². The Morgan fingerprint density at radius 1 is 1.35 bits per heavy atom. The Bertz CT molecular complexity index is 520. The zero-order valence-corrected chi connectivity index (χ0v) is 9.21. The van der Waals surface area contributed by atoms with E-state index in [9.17, 15) is 4.79 Å². The van der Waals surface area contributed by atoms with Gasteiger partial charge in [0, 0.05) is 6.20 Å². The van der Waals surface area contributed by atoms with Crippen molar-refractivity contribution in [2.45, 2.75) is 12.9 Å². The summed E-state index contributed by atoms with van der Waals surface area (Å²) in [6, 6.07) is 6.85. The third-order valence-corrected chi connectivity index (χ3v) is 2.42. The standard InChI is InChI=1S/C12H11BN2O2/c13-5-12(17)10-6-14-15(8-10)7-9-1-3-11(16)4-2-9/h1-4,6,8,16H,5,7H2. The maximum atomic E-state index is 11.3. The molecule has 84 valence electrons. The van der Waals surface area contributed by atoms with Gasteiger partial charge >= 0.3 is 0 Å². The van der Waals surface area contributed by atoms with E-state index in [2.05, 4.69) is 5.10 Å². The molecule has 1 N–H and O–H groups in total.